The molecule has 0 aliphatic heterocycles. The number of carbonyl (C=O) groups excluding carboxylic acids is 2. The highest BCUT2D eigenvalue weighted by Gasteiger charge is 2.66. The lowest BCUT2D eigenvalue weighted by Crippen LogP contribution is -2.36. The molecule has 0 heterocycles. The van der Waals surface area contributed by atoms with E-state index >= 15 is 0 Å². The summed E-state index contributed by atoms with van der Waals surface area (Å²) >= 11 is 6.78. The van der Waals surface area contributed by atoms with Gasteiger partial charge in [-0.3, -0.25) is 9.59 Å². The lowest BCUT2D eigenvalue weighted by molar-refractivity contribution is -0.117. The predicted molar refractivity (Wildman–Crippen MR) is 126 cm³/mol. The molecule has 0 aromatic heterocycles. The molecule has 2 fully saturated rings. The number of nitriles is 1. The van der Waals surface area contributed by atoms with Crippen molar-refractivity contribution in [2.75, 3.05) is 5.32 Å². The number of amides is 2. The molecule has 2 aliphatic carbocycles. The molecular formula is C26H26ClF2N3O2. The Bertz CT molecular complexity index is 1160. The van der Waals surface area contributed by atoms with Gasteiger partial charge in [0.15, 0.2) is 0 Å². The monoisotopic (exact) mass is 485 g/mol. The number of rotatable bonds is 8. The normalized spacial score (nSPS) is 24.3. The van der Waals surface area contributed by atoms with Crippen LogP contribution in [0.3, 0.4) is 0 Å². The first-order valence-electron chi connectivity index (χ1n) is 11.4. The second-order valence-electron chi connectivity index (χ2n) is 9.07. The molecule has 0 spiro atoms. The number of halogens is 3. The minimum absolute atomic E-state index is 0.0757. The summed E-state index contributed by atoms with van der Waals surface area (Å²) in [6.45, 7) is 3.82. The van der Waals surface area contributed by atoms with Gasteiger partial charge >= 0.3 is 0 Å². The Morgan fingerprint density at radius 1 is 1.18 bits per heavy atom. The minimum Gasteiger partial charge on any atom is -0.334 e. The van der Waals surface area contributed by atoms with Crippen molar-refractivity contribution in [2.45, 2.75) is 62.3 Å². The largest absolute Gasteiger partial charge is 0.334 e. The van der Waals surface area contributed by atoms with Crippen molar-refractivity contribution >= 4 is 29.1 Å². The van der Waals surface area contributed by atoms with Crippen LogP contribution in [0.15, 0.2) is 42.5 Å². The molecule has 2 amide bonds. The van der Waals surface area contributed by atoms with E-state index in [0.29, 0.717) is 36.9 Å². The third kappa shape index (κ3) is 4.39. The van der Waals surface area contributed by atoms with E-state index in [-0.39, 0.29) is 23.3 Å². The van der Waals surface area contributed by atoms with Gasteiger partial charge in [-0.25, -0.2) is 8.78 Å². The summed E-state index contributed by atoms with van der Waals surface area (Å²) < 4.78 is 25.8. The fourth-order valence-corrected chi connectivity index (χ4v) is 5.02. The Labute approximate surface area is 202 Å². The molecule has 5 nitrogen and oxygen atoms in total. The SMILES string of the molecule is CCc1ccc(NC(=O)C2C(c3ccc(C(F)F)cc3)C2(Cl)CC)cc1C(=O)NC1(C#N)CC1. The zero-order chi connectivity index (χ0) is 24.7. The molecule has 2 N–H and O–H groups in total. The van der Waals surface area contributed by atoms with E-state index in [1.807, 2.05) is 13.8 Å². The zero-order valence-electron chi connectivity index (χ0n) is 19.0. The molecule has 178 valence electrons. The smallest absolute Gasteiger partial charge is 0.263 e. The first kappa shape index (κ1) is 24.2. The fourth-order valence-electron chi connectivity index (χ4n) is 4.60. The first-order chi connectivity index (χ1) is 16.2. The van der Waals surface area contributed by atoms with Crippen LogP contribution in [0.1, 0.15) is 72.5 Å². The van der Waals surface area contributed by atoms with Crippen LogP contribution in [0.25, 0.3) is 0 Å². The molecule has 3 atom stereocenters. The van der Waals surface area contributed by atoms with Gasteiger partial charge in [-0.15, -0.1) is 11.6 Å². The van der Waals surface area contributed by atoms with Crippen molar-refractivity contribution in [3.8, 4) is 6.07 Å². The number of anilines is 1. The Morgan fingerprint density at radius 3 is 2.38 bits per heavy atom. The molecular weight excluding hydrogens is 460 g/mol. The number of nitrogens with one attached hydrogen (secondary N) is 2. The molecule has 2 saturated carbocycles. The van der Waals surface area contributed by atoms with Crippen LogP contribution in [-0.4, -0.2) is 22.2 Å². The Morgan fingerprint density at radius 2 is 1.85 bits per heavy atom. The molecule has 34 heavy (non-hydrogen) atoms. The van der Waals surface area contributed by atoms with E-state index in [4.69, 9.17) is 11.6 Å². The lowest BCUT2D eigenvalue weighted by Gasteiger charge is -2.14. The van der Waals surface area contributed by atoms with E-state index in [1.54, 1.807) is 30.3 Å². The van der Waals surface area contributed by atoms with Crippen molar-refractivity contribution in [3.05, 3.63) is 64.7 Å². The summed E-state index contributed by atoms with van der Waals surface area (Å²) in [5.41, 5.74) is 1.57. The first-order valence-corrected chi connectivity index (χ1v) is 11.8. The van der Waals surface area contributed by atoms with E-state index in [1.165, 1.54) is 12.1 Å². The summed E-state index contributed by atoms with van der Waals surface area (Å²) in [5, 5.41) is 15.0. The maximum absolute atomic E-state index is 13.2. The topological polar surface area (TPSA) is 82.0 Å². The number of nitrogens with zero attached hydrogens (tertiary/aromatic N) is 1. The predicted octanol–water partition coefficient (Wildman–Crippen LogP) is 5.71. The van der Waals surface area contributed by atoms with Crippen molar-refractivity contribution < 1.29 is 18.4 Å². The van der Waals surface area contributed by atoms with Gasteiger partial charge in [0.25, 0.3) is 12.3 Å². The Hall–Kier alpha value is -2.98. The van der Waals surface area contributed by atoms with E-state index in [2.05, 4.69) is 16.7 Å². The number of aryl methyl sites for hydroxylation is 1. The summed E-state index contributed by atoms with van der Waals surface area (Å²) in [7, 11) is 0. The van der Waals surface area contributed by atoms with Crippen LogP contribution >= 0.6 is 11.6 Å². The van der Waals surface area contributed by atoms with Gasteiger partial charge in [-0.2, -0.15) is 5.26 Å². The summed E-state index contributed by atoms with van der Waals surface area (Å²) in [5.74, 6) is -1.45. The molecule has 2 aromatic carbocycles. The molecule has 3 unspecified atom stereocenters. The van der Waals surface area contributed by atoms with Crippen molar-refractivity contribution in [1.82, 2.24) is 5.32 Å². The maximum atomic E-state index is 13.2. The van der Waals surface area contributed by atoms with Gasteiger partial charge in [0.05, 0.1) is 16.9 Å². The summed E-state index contributed by atoms with van der Waals surface area (Å²) in [6, 6.07) is 13.2. The second kappa shape index (κ2) is 8.99. The van der Waals surface area contributed by atoms with E-state index < -0.39 is 22.8 Å². The molecule has 2 aliphatic rings. The number of benzene rings is 2. The van der Waals surface area contributed by atoms with Crippen LogP contribution in [0.5, 0.6) is 0 Å². The maximum Gasteiger partial charge on any atom is 0.263 e. The van der Waals surface area contributed by atoms with E-state index in [9.17, 15) is 23.6 Å². The minimum atomic E-state index is -2.56. The molecule has 8 heteroatoms. The summed E-state index contributed by atoms with van der Waals surface area (Å²) in [6.07, 6.45) is -0.143. The quantitative estimate of drug-likeness (QED) is 0.470. The molecule has 0 saturated heterocycles. The summed E-state index contributed by atoms with van der Waals surface area (Å²) in [4.78, 5) is 25.2. The van der Waals surface area contributed by atoms with Crippen LogP contribution in [0.2, 0.25) is 0 Å². The van der Waals surface area contributed by atoms with Crippen LogP contribution in [0, 0.1) is 17.2 Å². The highest BCUT2D eigenvalue weighted by Crippen LogP contribution is 2.64. The Balaban J connectivity index is 1.52. The molecule has 0 radical (unpaired) electrons. The number of alkyl halides is 3. The standard InChI is InChI=1S/C26H26ClF2N3O2/c1-3-15-9-10-18(13-19(15)23(33)32-25(14-30)11-12-25)31-24(34)21-20(26(21,27)4-2)16-5-7-17(8-6-16)22(28)29/h5-10,13,20-22H,3-4,11-12H2,1-2H3,(H,31,34)(H,32,33). The van der Waals surface area contributed by atoms with Gasteiger partial charge in [-0.05, 0) is 48.9 Å². The van der Waals surface area contributed by atoms with Gasteiger partial charge in [0, 0.05) is 22.7 Å². The average Bonchev–Trinajstić information content (AvgIpc) is 3.74. The molecule has 4 rings (SSSR count). The highest BCUT2D eigenvalue weighted by atomic mass is 35.5. The van der Waals surface area contributed by atoms with E-state index in [0.717, 1.165) is 11.1 Å². The second-order valence-corrected chi connectivity index (χ2v) is 9.77. The highest BCUT2D eigenvalue weighted by molar-refractivity contribution is 6.30. The van der Waals surface area contributed by atoms with Gasteiger partial charge in [0.2, 0.25) is 5.91 Å². The van der Waals surface area contributed by atoms with Gasteiger partial charge in [-0.1, -0.05) is 44.2 Å². The van der Waals surface area contributed by atoms with Crippen molar-refractivity contribution in [3.63, 3.8) is 0 Å². The third-order valence-electron chi connectivity index (χ3n) is 6.95. The van der Waals surface area contributed by atoms with Crippen LogP contribution in [-0.2, 0) is 11.2 Å². The number of hydrogen-bond acceptors (Lipinski definition) is 3. The van der Waals surface area contributed by atoms with Crippen molar-refractivity contribution in [1.29, 1.82) is 5.26 Å². The molecule has 2 aromatic rings. The van der Waals surface area contributed by atoms with Gasteiger partial charge in [0.1, 0.15) is 5.54 Å². The zero-order valence-corrected chi connectivity index (χ0v) is 19.8. The molecule has 0 bridgehead atoms. The lowest BCUT2D eigenvalue weighted by atomic mass is 10.0. The fraction of sp³-hybridized carbons (Fsp3) is 0.423. The van der Waals surface area contributed by atoms with Crippen LogP contribution < -0.4 is 10.6 Å². The van der Waals surface area contributed by atoms with Gasteiger partial charge < -0.3 is 10.6 Å². The number of hydrogen-bond donors (Lipinski definition) is 2. The van der Waals surface area contributed by atoms with Crippen molar-refractivity contribution in [2.24, 2.45) is 5.92 Å². The third-order valence-corrected chi connectivity index (χ3v) is 7.69. The number of carbonyl (C=O) groups is 2. The average molecular weight is 486 g/mol. The Kier molecular flexibility index (Phi) is 6.39. The van der Waals surface area contributed by atoms with Crippen LogP contribution in [0.4, 0.5) is 14.5 Å².